The summed E-state index contributed by atoms with van der Waals surface area (Å²) in [5.74, 6) is -0.115. The number of benzene rings is 1. The predicted molar refractivity (Wildman–Crippen MR) is 88.7 cm³/mol. The Morgan fingerprint density at radius 3 is 2.32 bits per heavy atom. The normalized spacial score (nSPS) is 15.1. The SMILES string of the molecule is O=C(c1cc(Nc2ccc(C(F)(F)F)cc2)ccn1)N1CCCCC1. The molecule has 3 rings (SSSR count). The van der Waals surface area contributed by atoms with E-state index in [1.165, 1.54) is 18.3 Å². The van der Waals surface area contributed by atoms with Crippen LogP contribution in [0, 0.1) is 0 Å². The third-order valence-electron chi connectivity index (χ3n) is 4.12. The number of halogens is 3. The summed E-state index contributed by atoms with van der Waals surface area (Å²) in [5, 5.41) is 3.00. The molecular formula is C18H18F3N3O. The fourth-order valence-electron chi connectivity index (χ4n) is 2.79. The first-order chi connectivity index (χ1) is 11.9. The molecule has 1 saturated heterocycles. The van der Waals surface area contributed by atoms with E-state index in [0.717, 1.165) is 44.5 Å². The zero-order valence-corrected chi connectivity index (χ0v) is 13.5. The van der Waals surface area contributed by atoms with E-state index in [2.05, 4.69) is 10.3 Å². The first-order valence-electron chi connectivity index (χ1n) is 8.13. The summed E-state index contributed by atoms with van der Waals surface area (Å²) in [7, 11) is 0. The highest BCUT2D eigenvalue weighted by atomic mass is 19.4. The van der Waals surface area contributed by atoms with E-state index in [1.54, 1.807) is 17.0 Å². The molecule has 2 heterocycles. The van der Waals surface area contributed by atoms with Crippen molar-refractivity contribution < 1.29 is 18.0 Å². The molecule has 0 bridgehead atoms. The van der Waals surface area contributed by atoms with Gasteiger partial charge in [0.05, 0.1) is 5.56 Å². The molecular weight excluding hydrogens is 331 g/mol. The molecule has 25 heavy (non-hydrogen) atoms. The Labute approximate surface area is 143 Å². The van der Waals surface area contributed by atoms with Crippen molar-refractivity contribution in [3.63, 3.8) is 0 Å². The van der Waals surface area contributed by atoms with Gasteiger partial charge in [0.25, 0.3) is 5.91 Å². The van der Waals surface area contributed by atoms with Crippen LogP contribution in [0.3, 0.4) is 0 Å². The molecule has 1 aromatic carbocycles. The van der Waals surface area contributed by atoms with Gasteiger partial charge in [-0.25, -0.2) is 0 Å². The molecule has 0 atom stereocenters. The summed E-state index contributed by atoms with van der Waals surface area (Å²) in [5.41, 5.74) is 0.748. The van der Waals surface area contributed by atoms with Crippen molar-refractivity contribution >= 4 is 17.3 Å². The van der Waals surface area contributed by atoms with Crippen molar-refractivity contribution in [1.82, 2.24) is 9.88 Å². The van der Waals surface area contributed by atoms with Crippen LogP contribution in [0.2, 0.25) is 0 Å². The fraction of sp³-hybridized carbons (Fsp3) is 0.333. The third-order valence-corrected chi connectivity index (χ3v) is 4.12. The van der Waals surface area contributed by atoms with Crippen LogP contribution >= 0.6 is 0 Å². The largest absolute Gasteiger partial charge is 0.416 e. The van der Waals surface area contributed by atoms with Gasteiger partial charge >= 0.3 is 6.18 Å². The molecule has 7 heteroatoms. The molecule has 1 aliphatic rings. The summed E-state index contributed by atoms with van der Waals surface area (Å²) < 4.78 is 37.8. The van der Waals surface area contributed by atoms with Gasteiger partial charge in [-0.3, -0.25) is 9.78 Å². The topological polar surface area (TPSA) is 45.2 Å². The Hall–Kier alpha value is -2.57. The number of alkyl halides is 3. The van der Waals surface area contributed by atoms with Crippen molar-refractivity contribution in [2.75, 3.05) is 18.4 Å². The number of nitrogens with zero attached hydrogens (tertiary/aromatic N) is 2. The Morgan fingerprint density at radius 2 is 1.68 bits per heavy atom. The molecule has 2 aromatic rings. The minimum atomic E-state index is -4.36. The van der Waals surface area contributed by atoms with Gasteiger partial charge in [-0.15, -0.1) is 0 Å². The number of carbonyl (C=O) groups excluding carboxylic acids is 1. The molecule has 0 spiro atoms. The van der Waals surface area contributed by atoms with Gasteiger partial charge in [-0.05, 0) is 55.7 Å². The van der Waals surface area contributed by atoms with Gasteiger partial charge in [0.2, 0.25) is 0 Å². The summed E-state index contributed by atoms with van der Waals surface area (Å²) in [6.45, 7) is 1.47. The van der Waals surface area contributed by atoms with E-state index in [4.69, 9.17) is 0 Å². The number of pyridine rings is 1. The second-order valence-electron chi connectivity index (χ2n) is 5.98. The van der Waals surface area contributed by atoms with E-state index in [-0.39, 0.29) is 5.91 Å². The van der Waals surface area contributed by atoms with Crippen molar-refractivity contribution in [2.24, 2.45) is 0 Å². The first kappa shape index (κ1) is 17.3. The van der Waals surface area contributed by atoms with Crippen LogP contribution in [0.25, 0.3) is 0 Å². The number of amides is 1. The lowest BCUT2D eigenvalue weighted by atomic mass is 10.1. The number of aromatic nitrogens is 1. The van der Waals surface area contributed by atoms with E-state index in [9.17, 15) is 18.0 Å². The van der Waals surface area contributed by atoms with Gasteiger partial charge in [0, 0.05) is 30.7 Å². The van der Waals surface area contributed by atoms with Crippen molar-refractivity contribution in [2.45, 2.75) is 25.4 Å². The molecule has 1 N–H and O–H groups in total. The molecule has 1 fully saturated rings. The summed E-state index contributed by atoms with van der Waals surface area (Å²) in [4.78, 5) is 18.4. The maximum atomic E-state index is 12.6. The van der Waals surface area contributed by atoms with Crippen molar-refractivity contribution in [3.05, 3.63) is 53.9 Å². The van der Waals surface area contributed by atoms with Gasteiger partial charge in [0.1, 0.15) is 5.69 Å². The van der Waals surface area contributed by atoms with Gasteiger partial charge in [-0.2, -0.15) is 13.2 Å². The predicted octanol–water partition coefficient (Wildman–Crippen LogP) is 4.47. The van der Waals surface area contributed by atoms with Crippen LogP contribution in [0.1, 0.15) is 35.3 Å². The third kappa shape index (κ3) is 4.29. The van der Waals surface area contributed by atoms with E-state index < -0.39 is 11.7 Å². The molecule has 0 saturated carbocycles. The molecule has 0 aliphatic carbocycles. The highest BCUT2D eigenvalue weighted by Gasteiger charge is 2.29. The number of piperidine rings is 1. The van der Waals surface area contributed by atoms with E-state index in [1.807, 2.05) is 0 Å². The molecule has 1 amide bonds. The number of nitrogens with one attached hydrogen (secondary N) is 1. The Morgan fingerprint density at radius 1 is 1.00 bits per heavy atom. The smallest absolute Gasteiger partial charge is 0.355 e. The van der Waals surface area contributed by atoms with Crippen LogP contribution in [-0.2, 0) is 6.18 Å². The second kappa shape index (κ2) is 7.13. The molecule has 0 radical (unpaired) electrons. The van der Waals surface area contributed by atoms with Gasteiger partial charge in [0.15, 0.2) is 0 Å². The highest BCUT2D eigenvalue weighted by Crippen LogP contribution is 2.30. The van der Waals surface area contributed by atoms with E-state index >= 15 is 0 Å². The molecule has 1 aromatic heterocycles. The monoisotopic (exact) mass is 349 g/mol. The number of hydrogen-bond acceptors (Lipinski definition) is 3. The van der Waals surface area contributed by atoms with Crippen LogP contribution in [-0.4, -0.2) is 28.9 Å². The minimum absolute atomic E-state index is 0.115. The standard InChI is InChI=1S/C18H18F3N3O/c19-18(20,21)13-4-6-14(7-5-13)23-15-8-9-22-16(12-15)17(25)24-10-2-1-3-11-24/h4-9,12H,1-3,10-11H2,(H,22,23). The van der Waals surface area contributed by atoms with Crippen molar-refractivity contribution in [3.8, 4) is 0 Å². The summed E-state index contributed by atoms with van der Waals surface area (Å²) in [6, 6.07) is 8.04. The van der Waals surface area contributed by atoms with Crippen LogP contribution in [0.4, 0.5) is 24.5 Å². The Kier molecular flexibility index (Phi) is 4.92. The average Bonchev–Trinajstić information content (AvgIpc) is 2.62. The van der Waals surface area contributed by atoms with Crippen molar-refractivity contribution in [1.29, 1.82) is 0 Å². The molecule has 132 valence electrons. The molecule has 1 aliphatic heterocycles. The Bertz CT molecular complexity index is 738. The fourth-order valence-corrected chi connectivity index (χ4v) is 2.79. The number of carbonyl (C=O) groups is 1. The zero-order valence-electron chi connectivity index (χ0n) is 13.5. The minimum Gasteiger partial charge on any atom is -0.355 e. The number of likely N-dealkylation sites (tertiary alicyclic amines) is 1. The first-order valence-corrected chi connectivity index (χ1v) is 8.13. The average molecular weight is 349 g/mol. The number of anilines is 2. The molecule has 4 nitrogen and oxygen atoms in total. The maximum Gasteiger partial charge on any atom is 0.416 e. The number of hydrogen-bond donors (Lipinski definition) is 1. The van der Waals surface area contributed by atoms with Crippen LogP contribution < -0.4 is 5.32 Å². The zero-order chi connectivity index (χ0) is 17.9. The van der Waals surface area contributed by atoms with E-state index in [0.29, 0.717) is 17.1 Å². The highest BCUT2D eigenvalue weighted by molar-refractivity contribution is 5.93. The summed E-state index contributed by atoms with van der Waals surface area (Å²) >= 11 is 0. The summed E-state index contributed by atoms with van der Waals surface area (Å²) in [6.07, 6.45) is 0.282. The lowest BCUT2D eigenvalue weighted by molar-refractivity contribution is -0.137. The van der Waals surface area contributed by atoms with Gasteiger partial charge < -0.3 is 10.2 Å². The maximum absolute atomic E-state index is 12.6. The number of rotatable bonds is 3. The van der Waals surface area contributed by atoms with Crippen LogP contribution in [0.15, 0.2) is 42.6 Å². The van der Waals surface area contributed by atoms with Gasteiger partial charge in [-0.1, -0.05) is 0 Å². The van der Waals surface area contributed by atoms with Crippen LogP contribution in [0.5, 0.6) is 0 Å². The molecule has 0 unspecified atom stereocenters. The Balaban J connectivity index is 1.72. The lowest BCUT2D eigenvalue weighted by Crippen LogP contribution is -2.36. The quantitative estimate of drug-likeness (QED) is 0.889. The lowest BCUT2D eigenvalue weighted by Gasteiger charge is -2.26. The second-order valence-corrected chi connectivity index (χ2v) is 5.98.